The second-order valence-corrected chi connectivity index (χ2v) is 11.1. The van der Waals surface area contributed by atoms with E-state index < -0.39 is 6.09 Å². The van der Waals surface area contributed by atoms with Crippen LogP contribution in [0.4, 0.5) is 16.2 Å². The number of benzene rings is 2. The van der Waals surface area contributed by atoms with E-state index in [4.69, 9.17) is 4.74 Å². The first-order valence-electron chi connectivity index (χ1n) is 14.9. The molecule has 8 nitrogen and oxygen atoms in total. The minimum atomic E-state index is -0.424. The van der Waals surface area contributed by atoms with E-state index in [0.29, 0.717) is 24.1 Å². The van der Waals surface area contributed by atoms with E-state index in [1.807, 2.05) is 63.5 Å². The topological polar surface area (TPSA) is 90.4 Å². The molecule has 2 aromatic carbocycles. The molecular weight excluding hydrogens is 598 g/mol. The summed E-state index contributed by atoms with van der Waals surface area (Å²) in [6.07, 6.45) is 1.57. The number of carbonyl (C=O) groups is 3. The fourth-order valence-corrected chi connectivity index (χ4v) is 5.04. The molecule has 0 spiro atoms. The zero-order valence-corrected chi connectivity index (χ0v) is 28.6. The van der Waals surface area contributed by atoms with Gasteiger partial charge in [0.05, 0.1) is 11.4 Å². The first-order valence-corrected chi connectivity index (χ1v) is 14.9. The molecule has 0 aliphatic carbocycles. The number of hydrogen-bond acceptors (Lipinski definition) is 5. The van der Waals surface area contributed by atoms with Gasteiger partial charge < -0.3 is 24.5 Å². The van der Waals surface area contributed by atoms with E-state index >= 15 is 0 Å². The molecule has 2 aliphatic rings. The van der Waals surface area contributed by atoms with Gasteiger partial charge in [-0.3, -0.25) is 9.59 Å². The third kappa shape index (κ3) is 10.5. The van der Waals surface area contributed by atoms with Gasteiger partial charge in [0, 0.05) is 138 Å². The van der Waals surface area contributed by atoms with E-state index in [-0.39, 0.29) is 105 Å². The van der Waals surface area contributed by atoms with Gasteiger partial charge in [-0.2, -0.15) is 0 Å². The number of aromatic hydroxyl groups is 1. The number of carbonyl (C=O) groups excluding carboxylic acids is 3. The monoisotopic (exact) mass is 647 g/mol. The van der Waals surface area contributed by atoms with Crippen molar-refractivity contribution in [1.82, 2.24) is 4.90 Å². The van der Waals surface area contributed by atoms with E-state index in [1.165, 1.54) is 10.5 Å². The molecule has 2 heterocycles. The van der Waals surface area contributed by atoms with Crippen molar-refractivity contribution < 1.29 is 99.7 Å². The van der Waals surface area contributed by atoms with Gasteiger partial charge in [-0.25, -0.2) is 4.79 Å². The average Bonchev–Trinajstić information content (AvgIpc) is 3.50. The summed E-state index contributed by atoms with van der Waals surface area (Å²) in [4.78, 5) is 41.2. The molecule has 0 aromatic heterocycles. The molecular formula is C33H49Ar2N3O5. The summed E-state index contributed by atoms with van der Waals surface area (Å²) in [5, 5.41) is 9.56. The summed E-state index contributed by atoms with van der Waals surface area (Å²) in [6, 6.07) is 10.9. The number of phenols is 1. The number of hydrogen-bond donors (Lipinski definition) is 1. The van der Waals surface area contributed by atoms with Gasteiger partial charge in [0.25, 0.3) is 0 Å². The van der Waals surface area contributed by atoms with Crippen molar-refractivity contribution in [3.05, 3.63) is 47.5 Å². The number of nitrogens with zero attached hydrogens (tertiary/aromatic N) is 3. The van der Waals surface area contributed by atoms with Crippen LogP contribution in [0, 0.1) is 87.3 Å². The average molecular weight is 648 g/mol. The maximum atomic E-state index is 12.4. The van der Waals surface area contributed by atoms with Gasteiger partial charge in [-0.1, -0.05) is 67.5 Å². The molecule has 242 valence electrons. The molecule has 0 fully saturated rings. The predicted molar refractivity (Wildman–Crippen MR) is 166 cm³/mol. The summed E-state index contributed by atoms with van der Waals surface area (Å²) < 4.78 is 5.31. The summed E-state index contributed by atoms with van der Waals surface area (Å²) in [7, 11) is 3.27. The van der Waals surface area contributed by atoms with Crippen LogP contribution in [0.25, 0.3) is 0 Å². The summed E-state index contributed by atoms with van der Waals surface area (Å²) in [5.41, 5.74) is 4.09. The van der Waals surface area contributed by atoms with Crippen LogP contribution in [0.5, 0.6) is 11.5 Å². The maximum Gasteiger partial charge on any atom is 0.414 e. The van der Waals surface area contributed by atoms with Gasteiger partial charge in [-0.05, 0) is 36.1 Å². The third-order valence-electron chi connectivity index (χ3n) is 7.36. The molecule has 2 atom stereocenters. The Morgan fingerprint density at radius 1 is 0.814 bits per heavy atom. The standard InChI is InChI=1S/C17H24N2O3.C14H19NO2.C2H6.2Ar/c1-6-12-10-19(16(20)11(2)3)15-9-13(7-8-14(12)15)22-17(21)18(4)5;1-4-10-8-15(14(17)9(2)3)13-7-11(16)5-6-12(10)13;1-2;;/h7-9,11-12H,6,10H2,1-5H3;5-7,9-10,16H,4,8H2,1-3H3;1-2H3;;/t12-;10-;;;/m11.../s1. The SMILES string of the molecule is CC.CC[C@@H]1CN(C(=O)C(C)C)c2cc(O)ccc21.CC[C@@H]1CN(C(=O)C(C)C)c2cc(OC(=O)N(C)C)ccc21.[Ar].[Ar]. The molecule has 0 bridgehead atoms. The van der Waals surface area contributed by atoms with Crippen LogP contribution in [0.2, 0.25) is 0 Å². The van der Waals surface area contributed by atoms with E-state index in [1.54, 1.807) is 38.4 Å². The molecule has 43 heavy (non-hydrogen) atoms. The fraction of sp³-hybridized carbons (Fsp3) is 0.545. The maximum absolute atomic E-state index is 12.4. The van der Waals surface area contributed by atoms with Crippen molar-refractivity contribution in [3.8, 4) is 11.5 Å². The van der Waals surface area contributed by atoms with Crippen molar-refractivity contribution >= 4 is 29.3 Å². The Balaban J connectivity index is 0.000000761. The number of phenolic OH excluding ortho intramolecular Hbond substituents is 1. The van der Waals surface area contributed by atoms with Crippen molar-refractivity contribution in [2.45, 2.75) is 80.1 Å². The predicted octanol–water partition coefficient (Wildman–Crippen LogP) is 7.16. The second-order valence-electron chi connectivity index (χ2n) is 11.1. The van der Waals surface area contributed by atoms with Crippen LogP contribution in [0.3, 0.4) is 0 Å². The van der Waals surface area contributed by atoms with Gasteiger partial charge in [-0.15, -0.1) is 0 Å². The van der Waals surface area contributed by atoms with E-state index in [0.717, 1.165) is 36.3 Å². The molecule has 10 heteroatoms. The molecule has 4 rings (SSSR count). The number of amides is 3. The van der Waals surface area contributed by atoms with Crippen molar-refractivity contribution in [2.75, 3.05) is 37.0 Å². The molecule has 0 saturated carbocycles. The van der Waals surface area contributed by atoms with Gasteiger partial charge in [0.2, 0.25) is 11.8 Å². The van der Waals surface area contributed by atoms with Crippen molar-refractivity contribution in [3.63, 3.8) is 0 Å². The molecule has 2 aromatic rings. The van der Waals surface area contributed by atoms with Crippen LogP contribution < -0.4 is 14.5 Å². The zero-order valence-electron chi connectivity index (χ0n) is 27.2. The summed E-state index contributed by atoms with van der Waals surface area (Å²) in [6.45, 7) is 17.3. The number of fused-ring (bicyclic) bond motifs is 2. The Hall–Kier alpha value is -1.03. The smallest absolute Gasteiger partial charge is 0.414 e. The van der Waals surface area contributed by atoms with Crippen LogP contribution in [0.1, 0.15) is 91.2 Å². The quantitative estimate of drug-likeness (QED) is 0.372. The zero-order chi connectivity index (χ0) is 31.0. The van der Waals surface area contributed by atoms with Crippen LogP contribution >= 0.6 is 0 Å². The molecule has 2 aliphatic heterocycles. The minimum Gasteiger partial charge on any atom is -0.508 e. The van der Waals surface area contributed by atoms with Gasteiger partial charge in [0.1, 0.15) is 11.5 Å². The number of anilines is 2. The Labute approximate surface area is 318 Å². The van der Waals surface area contributed by atoms with E-state index in [2.05, 4.69) is 13.8 Å². The van der Waals surface area contributed by atoms with E-state index in [9.17, 15) is 19.5 Å². The molecule has 0 radical (unpaired) electrons. The molecule has 1 N–H and O–H groups in total. The van der Waals surface area contributed by atoms with Crippen molar-refractivity contribution in [2.24, 2.45) is 11.8 Å². The third-order valence-corrected chi connectivity index (χ3v) is 7.36. The first kappa shape index (κ1) is 42.0. The molecule has 0 saturated heterocycles. The van der Waals surface area contributed by atoms with Gasteiger partial charge in [0.15, 0.2) is 0 Å². The normalized spacial score (nSPS) is 16.0. The largest absolute Gasteiger partial charge is 0.508 e. The minimum absolute atomic E-state index is 0. The van der Waals surface area contributed by atoms with Crippen molar-refractivity contribution in [1.29, 1.82) is 0 Å². The number of rotatable bonds is 5. The fourth-order valence-electron chi connectivity index (χ4n) is 5.04. The Bertz CT molecular complexity index is 1220. The molecule has 3 amide bonds. The van der Waals surface area contributed by atoms with Gasteiger partial charge >= 0.3 is 6.09 Å². The molecule has 0 unspecified atom stereocenters. The van der Waals surface area contributed by atoms with Crippen LogP contribution in [-0.4, -0.2) is 55.1 Å². The summed E-state index contributed by atoms with van der Waals surface area (Å²) in [5.74, 6) is 1.60. The Morgan fingerprint density at radius 3 is 1.63 bits per heavy atom. The number of ether oxygens (including phenoxy) is 1. The van der Waals surface area contributed by atoms with Crippen LogP contribution in [-0.2, 0) is 9.59 Å². The Kier molecular flexibility index (Phi) is 19.0. The summed E-state index contributed by atoms with van der Waals surface area (Å²) >= 11 is 0. The second kappa shape index (κ2) is 19.5. The van der Waals surface area contributed by atoms with Crippen LogP contribution in [0.15, 0.2) is 36.4 Å². The first-order chi connectivity index (χ1) is 19.4. The Morgan fingerprint density at radius 2 is 1.23 bits per heavy atom.